The van der Waals surface area contributed by atoms with Crippen LogP contribution >= 0.6 is 0 Å². The molecule has 25 heavy (non-hydrogen) atoms. The van der Waals surface area contributed by atoms with E-state index >= 15 is 0 Å². The van der Waals surface area contributed by atoms with E-state index in [-0.39, 0.29) is 18.1 Å². The Morgan fingerprint density at radius 2 is 1.92 bits per heavy atom. The van der Waals surface area contributed by atoms with Gasteiger partial charge in [-0.3, -0.25) is 4.79 Å². The third kappa shape index (κ3) is 4.91. The fraction of sp³-hybridized carbons (Fsp3) is 0.381. The Kier molecular flexibility index (Phi) is 5.84. The minimum Gasteiger partial charge on any atom is -0.372 e. The van der Waals surface area contributed by atoms with Gasteiger partial charge in [-0.15, -0.1) is 0 Å². The molecule has 1 aliphatic heterocycles. The molecule has 0 unspecified atom stereocenters. The Morgan fingerprint density at radius 3 is 2.56 bits per heavy atom. The van der Waals surface area contributed by atoms with E-state index in [2.05, 4.69) is 16.7 Å². The van der Waals surface area contributed by atoms with Crippen molar-refractivity contribution in [2.75, 3.05) is 18.5 Å². The molecule has 132 valence electrons. The fourth-order valence-corrected chi connectivity index (χ4v) is 3.44. The predicted octanol–water partition coefficient (Wildman–Crippen LogP) is 2.73. The highest BCUT2D eigenvalue weighted by Gasteiger charge is 2.27. The van der Waals surface area contributed by atoms with Gasteiger partial charge in [-0.25, -0.2) is 0 Å². The summed E-state index contributed by atoms with van der Waals surface area (Å²) in [6.07, 6.45) is 2.44. The zero-order chi connectivity index (χ0) is 17.6. The summed E-state index contributed by atoms with van der Waals surface area (Å²) in [6, 6.07) is 15.8. The first kappa shape index (κ1) is 17.6. The first-order chi connectivity index (χ1) is 12.1. The van der Waals surface area contributed by atoms with Crippen molar-refractivity contribution < 1.29 is 14.8 Å². The molecule has 3 N–H and O–H groups in total. The summed E-state index contributed by atoms with van der Waals surface area (Å²) in [4.78, 5) is 13.0. The van der Waals surface area contributed by atoms with E-state index in [1.54, 1.807) is 0 Å². The van der Waals surface area contributed by atoms with E-state index in [0.717, 1.165) is 48.4 Å². The number of nitrogens with one attached hydrogen (secondary N) is 1. The number of nitrogens with two attached hydrogens (primary N) is 1. The Balaban J connectivity index is 1.73. The second-order valence-electron chi connectivity index (χ2n) is 6.86. The molecule has 0 aromatic heterocycles. The molecule has 2 aromatic rings. The van der Waals surface area contributed by atoms with E-state index in [4.69, 9.17) is 4.74 Å². The number of quaternary nitrogens is 1. The summed E-state index contributed by atoms with van der Waals surface area (Å²) < 4.78 is 5.71. The number of hydrogen-bond donors (Lipinski definition) is 2. The molecule has 0 aliphatic carbocycles. The van der Waals surface area contributed by atoms with Crippen molar-refractivity contribution in [2.24, 2.45) is 0 Å². The zero-order valence-electron chi connectivity index (χ0n) is 15.0. The van der Waals surface area contributed by atoms with Gasteiger partial charge in [-0.1, -0.05) is 36.4 Å². The first-order valence-electron chi connectivity index (χ1n) is 9.01. The van der Waals surface area contributed by atoms with Crippen LogP contribution in [0.5, 0.6) is 0 Å². The van der Waals surface area contributed by atoms with Crippen LogP contribution in [0.2, 0.25) is 0 Å². The number of carbonyl (C=O) groups excluding carboxylic acids is 1. The molecular weight excluding hydrogens is 312 g/mol. The largest absolute Gasteiger partial charge is 0.372 e. The third-order valence-corrected chi connectivity index (χ3v) is 4.59. The smallest absolute Gasteiger partial charge is 0.287 e. The van der Waals surface area contributed by atoms with E-state index in [0.29, 0.717) is 0 Å². The van der Waals surface area contributed by atoms with Gasteiger partial charge >= 0.3 is 0 Å². The van der Waals surface area contributed by atoms with E-state index in [1.165, 1.54) is 0 Å². The number of hydrogen-bond acceptors (Lipinski definition) is 2. The third-order valence-electron chi connectivity index (χ3n) is 4.59. The highest BCUT2D eigenvalue weighted by Crippen LogP contribution is 2.17. The second kappa shape index (κ2) is 8.28. The Hall–Kier alpha value is -2.17. The molecule has 0 bridgehead atoms. The lowest BCUT2D eigenvalue weighted by Gasteiger charge is -2.18. The summed E-state index contributed by atoms with van der Waals surface area (Å²) >= 11 is 0. The number of benzene rings is 2. The van der Waals surface area contributed by atoms with Gasteiger partial charge in [0.15, 0.2) is 6.04 Å². The summed E-state index contributed by atoms with van der Waals surface area (Å²) in [5.74, 6) is 0.00852. The van der Waals surface area contributed by atoms with Crippen molar-refractivity contribution in [3.63, 3.8) is 0 Å². The number of aryl methyl sites for hydroxylation is 2. The molecule has 1 saturated heterocycles. The van der Waals surface area contributed by atoms with Gasteiger partial charge in [0.25, 0.3) is 5.91 Å². The number of ether oxygens (including phenoxy) is 1. The maximum Gasteiger partial charge on any atom is 0.287 e. The summed E-state index contributed by atoms with van der Waals surface area (Å²) in [5.41, 5.74) is 4.17. The first-order valence-corrected chi connectivity index (χ1v) is 9.01. The normalized spacial score (nSPS) is 18.1. The van der Waals surface area contributed by atoms with E-state index in [9.17, 15) is 4.79 Å². The van der Waals surface area contributed by atoms with Crippen molar-refractivity contribution in [1.29, 1.82) is 0 Å². The Bertz CT molecular complexity index is 689. The van der Waals surface area contributed by atoms with Gasteiger partial charge in [-0.2, -0.15) is 0 Å². The van der Waals surface area contributed by atoms with Crippen molar-refractivity contribution in [3.05, 3.63) is 65.2 Å². The van der Waals surface area contributed by atoms with Crippen molar-refractivity contribution in [1.82, 2.24) is 0 Å². The van der Waals surface area contributed by atoms with Crippen molar-refractivity contribution in [2.45, 2.75) is 38.8 Å². The molecular formula is C21H27N2O2+. The second-order valence-corrected chi connectivity index (χ2v) is 6.86. The van der Waals surface area contributed by atoms with Gasteiger partial charge in [-0.05, 0) is 49.9 Å². The van der Waals surface area contributed by atoms with Crippen LogP contribution in [0, 0.1) is 13.8 Å². The summed E-state index contributed by atoms with van der Waals surface area (Å²) in [6.45, 7) is 5.73. The molecule has 4 nitrogen and oxygen atoms in total. The molecule has 1 heterocycles. The average Bonchev–Trinajstić information content (AvgIpc) is 3.08. The van der Waals surface area contributed by atoms with Crippen LogP contribution in [-0.2, 0) is 9.53 Å². The highest BCUT2D eigenvalue weighted by molar-refractivity contribution is 5.94. The molecule has 4 heteroatoms. The van der Waals surface area contributed by atoms with Gasteiger partial charge in [0.2, 0.25) is 0 Å². The van der Waals surface area contributed by atoms with Gasteiger partial charge in [0.1, 0.15) is 12.6 Å². The quantitative estimate of drug-likeness (QED) is 0.850. The number of carbonyl (C=O) groups is 1. The summed E-state index contributed by atoms with van der Waals surface area (Å²) in [7, 11) is 0. The van der Waals surface area contributed by atoms with E-state index < -0.39 is 0 Å². The van der Waals surface area contributed by atoms with Crippen molar-refractivity contribution in [3.8, 4) is 0 Å². The SMILES string of the molecule is Cc1cc(C)cc(NC(=O)[C@H]([NH2+]C[C@H]2CCCO2)c2ccccc2)c1. The maximum absolute atomic E-state index is 13.0. The molecule has 1 amide bonds. The van der Waals surface area contributed by atoms with E-state index in [1.807, 2.05) is 56.3 Å². The molecule has 2 atom stereocenters. The molecule has 3 rings (SSSR count). The monoisotopic (exact) mass is 339 g/mol. The summed E-state index contributed by atoms with van der Waals surface area (Å²) in [5, 5.41) is 5.19. The van der Waals surface area contributed by atoms with Crippen LogP contribution in [-0.4, -0.2) is 25.2 Å². The van der Waals surface area contributed by atoms with Gasteiger partial charge in [0.05, 0.1) is 0 Å². The number of amides is 1. The average molecular weight is 339 g/mol. The van der Waals surface area contributed by atoms with Crippen LogP contribution in [0.15, 0.2) is 48.5 Å². The topological polar surface area (TPSA) is 54.9 Å². The molecule has 1 fully saturated rings. The fourth-order valence-electron chi connectivity index (χ4n) is 3.44. The Morgan fingerprint density at radius 1 is 1.20 bits per heavy atom. The van der Waals surface area contributed by atoms with Gasteiger partial charge in [0, 0.05) is 17.9 Å². The zero-order valence-corrected chi connectivity index (χ0v) is 15.0. The van der Waals surface area contributed by atoms with Gasteiger partial charge < -0.3 is 15.4 Å². The van der Waals surface area contributed by atoms with Crippen LogP contribution in [0.4, 0.5) is 5.69 Å². The van der Waals surface area contributed by atoms with Crippen LogP contribution in [0.25, 0.3) is 0 Å². The standard InChI is InChI=1S/C21H26N2O2/c1-15-11-16(2)13-18(12-15)23-21(24)20(17-7-4-3-5-8-17)22-14-19-9-6-10-25-19/h3-5,7-8,11-13,19-20,22H,6,9-10,14H2,1-2H3,(H,23,24)/p+1/t19-,20-/m1/s1. The minimum absolute atomic E-state index is 0.00852. The molecule has 1 aliphatic rings. The number of anilines is 1. The molecule has 0 spiro atoms. The molecule has 2 aromatic carbocycles. The number of rotatable bonds is 6. The lowest BCUT2D eigenvalue weighted by Crippen LogP contribution is -2.89. The lowest BCUT2D eigenvalue weighted by atomic mass is 10.0. The highest BCUT2D eigenvalue weighted by atomic mass is 16.5. The minimum atomic E-state index is -0.272. The molecule has 0 saturated carbocycles. The van der Waals surface area contributed by atoms with Crippen LogP contribution in [0.1, 0.15) is 35.6 Å². The maximum atomic E-state index is 13.0. The molecule has 0 radical (unpaired) electrons. The Labute approximate surface area is 149 Å². The lowest BCUT2D eigenvalue weighted by molar-refractivity contribution is -0.687. The van der Waals surface area contributed by atoms with Crippen molar-refractivity contribution >= 4 is 11.6 Å². The predicted molar refractivity (Wildman–Crippen MR) is 99.5 cm³/mol. The van der Waals surface area contributed by atoms with Crippen LogP contribution < -0.4 is 10.6 Å². The van der Waals surface area contributed by atoms with Crippen LogP contribution in [0.3, 0.4) is 0 Å².